The van der Waals surface area contributed by atoms with Crippen molar-refractivity contribution in [1.82, 2.24) is 0 Å². The normalized spacial score (nSPS) is 18.4. The maximum absolute atomic E-state index is 6.64. The third-order valence-corrected chi connectivity index (χ3v) is 22.4. The Bertz CT molecular complexity index is 4070. The molecule has 93 heavy (non-hydrogen) atoms. The molecule has 2 heterocycles. The van der Waals surface area contributed by atoms with Gasteiger partial charge in [0.25, 0.3) is 0 Å². The summed E-state index contributed by atoms with van der Waals surface area (Å²) in [5.74, 6) is 0.665. The topological polar surface area (TPSA) is 43.4 Å². The molecule has 2 fully saturated rings. The third kappa shape index (κ3) is 13.5. The van der Waals surface area contributed by atoms with E-state index < -0.39 is 23.7 Å². The predicted octanol–water partition coefficient (Wildman–Crippen LogP) is 23.1. The summed E-state index contributed by atoms with van der Waals surface area (Å²) in [5, 5.41) is 0. The molecule has 2 unspecified atom stereocenters. The van der Waals surface area contributed by atoms with Gasteiger partial charge in [0.2, 0.25) is 0 Å². The van der Waals surface area contributed by atoms with Gasteiger partial charge in [0.05, 0.1) is 27.8 Å². The van der Waals surface area contributed by atoms with Crippen molar-refractivity contribution in [2.75, 3.05) is 9.80 Å². The number of allylic oxidation sites excluding steroid dienone is 4. The van der Waals surface area contributed by atoms with Gasteiger partial charge in [-0.2, -0.15) is 0 Å². The van der Waals surface area contributed by atoms with Gasteiger partial charge in [0.1, 0.15) is 0 Å². The van der Waals surface area contributed by atoms with Crippen LogP contribution in [0.2, 0.25) is 5.82 Å². The lowest BCUT2D eigenvalue weighted by Gasteiger charge is -2.38. The number of hydrogen-bond acceptors (Lipinski definition) is 6. The van der Waals surface area contributed by atoms with Gasteiger partial charge in [-0.1, -0.05) is 186 Å². The van der Waals surface area contributed by atoms with Gasteiger partial charge in [0, 0.05) is 57.8 Å². The first-order valence-corrected chi connectivity index (χ1v) is 35.8. The van der Waals surface area contributed by atoms with Crippen LogP contribution < -0.4 is 15.3 Å². The molecule has 0 spiro atoms. The Morgan fingerprint density at radius 3 is 1.31 bits per heavy atom. The molecule has 12 heteroatoms. The standard InChI is InChI=1S/C39H46B2O4.C22H21Br2N.C20H15Br2N/c1-25-13-11-15-27(21-25)39(28-16-12-14-26(2)22-28)33-23-29(40-42-35(3,4)36(5,6)43-40)17-19-31(33)32-20-18-30(24-34(32)39)41-44-37(7,8)38(9,10)45-41;1-3-16(2)17-4-10-20(11-5-17)25(21-12-6-18(23)7-13-21)22-14-8-19(24)9-15-22;21-16-4-9-18(10-5-16)23(19-11-6-17(22)7-12-19)20-8-3-14-1-2-15(14)13-20/h11-23,30H,24H2,1-10H3;4-16H,3H2,1-2H3;3-13H,1-2H2. The van der Waals surface area contributed by atoms with E-state index in [-0.39, 0.29) is 24.1 Å². The van der Waals surface area contributed by atoms with Crippen molar-refractivity contribution in [1.29, 1.82) is 0 Å². The average Bonchev–Trinajstić information content (AvgIpc) is 1.55. The van der Waals surface area contributed by atoms with Crippen LogP contribution in [0.1, 0.15) is 138 Å². The zero-order valence-corrected chi connectivity index (χ0v) is 61.8. The Morgan fingerprint density at radius 2 is 0.892 bits per heavy atom. The molecule has 0 amide bonds. The van der Waals surface area contributed by atoms with E-state index in [9.17, 15) is 0 Å². The largest absolute Gasteiger partial charge is 0.494 e. The van der Waals surface area contributed by atoms with E-state index in [2.05, 4.69) is 375 Å². The van der Waals surface area contributed by atoms with Crippen LogP contribution in [0.4, 0.5) is 34.1 Å². The maximum Gasteiger partial charge on any atom is 0.494 e. The van der Waals surface area contributed by atoms with Gasteiger partial charge in [-0.15, -0.1) is 0 Å². The Morgan fingerprint density at radius 1 is 0.473 bits per heavy atom. The molecule has 14 rings (SSSR count). The fourth-order valence-corrected chi connectivity index (χ4v) is 14.4. The zero-order valence-electron chi connectivity index (χ0n) is 55.5. The third-order valence-electron chi connectivity index (χ3n) is 20.3. The number of halogens is 4. The second-order valence-electron chi connectivity index (χ2n) is 27.6. The van der Waals surface area contributed by atoms with Crippen LogP contribution in [0.5, 0.6) is 0 Å². The Hall–Kier alpha value is -6.05. The van der Waals surface area contributed by atoms with Crippen molar-refractivity contribution in [2.45, 2.75) is 148 Å². The van der Waals surface area contributed by atoms with E-state index in [0.29, 0.717) is 5.92 Å². The molecular formula is C81H82B2Br4N2O4. The molecule has 5 aliphatic rings. The SMILES string of the molecule is Brc1ccc(N(c2ccc(Br)cc2)c2ccc3c(c2)CC3)cc1.CCC(C)c1ccc(N(c2ccc(Br)cc2)c2ccc(Br)cc2)cc1.Cc1cccc(C2(c3cccc(C)c3)C3=C(C=CC(B4OC(C)(C)C(C)(C)O4)C3)c3ccc(B4OC(C)(C)C(C)(C)O4)cc32)c1. The van der Waals surface area contributed by atoms with Crippen molar-refractivity contribution in [2.24, 2.45) is 0 Å². The summed E-state index contributed by atoms with van der Waals surface area (Å²) in [5.41, 5.74) is 20.5. The lowest BCUT2D eigenvalue weighted by Crippen LogP contribution is -2.41. The van der Waals surface area contributed by atoms with Crippen LogP contribution in [0.15, 0.2) is 242 Å². The van der Waals surface area contributed by atoms with Crippen molar-refractivity contribution in [3.8, 4) is 0 Å². The van der Waals surface area contributed by atoms with E-state index in [0.717, 1.165) is 64.6 Å². The monoisotopic (exact) mass is 1480 g/mol. The average molecular weight is 1490 g/mol. The van der Waals surface area contributed by atoms with E-state index in [1.807, 2.05) is 0 Å². The smallest absolute Gasteiger partial charge is 0.403 e. The van der Waals surface area contributed by atoms with E-state index >= 15 is 0 Å². The number of aryl methyl sites for hydroxylation is 4. The van der Waals surface area contributed by atoms with Crippen molar-refractivity contribution in [3.05, 3.63) is 292 Å². The van der Waals surface area contributed by atoms with E-state index in [1.54, 1.807) is 0 Å². The number of benzene rings is 9. The summed E-state index contributed by atoms with van der Waals surface area (Å²) >= 11 is 14.1. The molecule has 9 aromatic rings. The summed E-state index contributed by atoms with van der Waals surface area (Å²) in [6, 6.07) is 74.5. The predicted molar refractivity (Wildman–Crippen MR) is 404 cm³/mol. The molecule has 2 aliphatic heterocycles. The second kappa shape index (κ2) is 26.9. The summed E-state index contributed by atoms with van der Waals surface area (Å²) < 4.78 is 30.8. The molecule has 0 saturated carbocycles. The van der Waals surface area contributed by atoms with E-state index in [1.165, 1.54) is 79.7 Å². The lowest BCUT2D eigenvalue weighted by molar-refractivity contribution is 0.00578. The fourth-order valence-electron chi connectivity index (χ4n) is 13.3. The number of anilines is 6. The van der Waals surface area contributed by atoms with Crippen LogP contribution >= 0.6 is 63.7 Å². The van der Waals surface area contributed by atoms with Crippen molar-refractivity contribution < 1.29 is 18.6 Å². The highest BCUT2D eigenvalue weighted by molar-refractivity contribution is 9.11. The minimum absolute atomic E-state index is 0.0793. The lowest BCUT2D eigenvalue weighted by atomic mass is 9.59. The molecule has 6 nitrogen and oxygen atoms in total. The first kappa shape index (κ1) is 67.0. The van der Waals surface area contributed by atoms with Gasteiger partial charge in [-0.3, -0.25) is 0 Å². The first-order chi connectivity index (χ1) is 44.3. The van der Waals surface area contributed by atoms with Gasteiger partial charge in [-0.05, 0) is 278 Å². The molecule has 0 bridgehead atoms. The number of hydrogen-bond donors (Lipinski definition) is 0. The molecule has 9 aromatic carbocycles. The molecule has 0 radical (unpaired) electrons. The number of rotatable bonds is 12. The van der Waals surface area contributed by atoms with Gasteiger partial charge in [0.15, 0.2) is 0 Å². The molecule has 474 valence electrons. The molecular weight excluding hydrogens is 1410 g/mol. The molecule has 2 saturated heterocycles. The molecule has 2 atom stereocenters. The summed E-state index contributed by atoms with van der Waals surface area (Å²) in [6.07, 6.45) is 9.03. The fraction of sp³-hybridized carbons (Fsp3) is 0.284. The van der Waals surface area contributed by atoms with Gasteiger partial charge < -0.3 is 28.4 Å². The minimum atomic E-state index is -0.505. The Kier molecular flexibility index (Phi) is 19.3. The maximum atomic E-state index is 6.64. The van der Waals surface area contributed by atoms with Gasteiger partial charge in [-0.25, -0.2) is 0 Å². The van der Waals surface area contributed by atoms with Crippen molar-refractivity contribution >= 4 is 123 Å². The second-order valence-corrected chi connectivity index (χ2v) is 31.2. The number of nitrogens with zero attached hydrogens (tertiary/aromatic N) is 2. The van der Waals surface area contributed by atoms with E-state index in [4.69, 9.17) is 18.6 Å². The Labute approximate surface area is 587 Å². The summed E-state index contributed by atoms with van der Waals surface area (Å²) in [7, 11) is -0.768. The van der Waals surface area contributed by atoms with Crippen molar-refractivity contribution in [3.63, 3.8) is 0 Å². The van der Waals surface area contributed by atoms with Crippen LogP contribution in [-0.4, -0.2) is 36.6 Å². The molecule has 0 N–H and O–H groups in total. The highest BCUT2D eigenvalue weighted by atomic mass is 79.9. The summed E-state index contributed by atoms with van der Waals surface area (Å²) in [6.45, 7) is 25.9. The highest BCUT2D eigenvalue weighted by Crippen LogP contribution is 2.60. The molecule has 0 aromatic heterocycles. The quantitative estimate of drug-likeness (QED) is 0.114. The zero-order chi connectivity index (χ0) is 65.8. The summed E-state index contributed by atoms with van der Waals surface area (Å²) in [4.78, 5) is 4.58. The van der Waals surface area contributed by atoms with Crippen LogP contribution in [0, 0.1) is 13.8 Å². The van der Waals surface area contributed by atoms with Crippen LogP contribution in [0.25, 0.3) is 5.57 Å². The first-order valence-electron chi connectivity index (χ1n) is 32.6. The van der Waals surface area contributed by atoms with Crippen LogP contribution in [-0.2, 0) is 36.9 Å². The number of fused-ring (bicyclic) bond motifs is 3. The molecule has 3 aliphatic carbocycles. The van der Waals surface area contributed by atoms with Crippen LogP contribution in [0.3, 0.4) is 0 Å². The van der Waals surface area contributed by atoms with Gasteiger partial charge >= 0.3 is 14.2 Å². The highest BCUT2D eigenvalue weighted by Gasteiger charge is 2.57. The Balaban J connectivity index is 0.000000146. The minimum Gasteiger partial charge on any atom is -0.403 e.